The second-order valence-corrected chi connectivity index (χ2v) is 6.30. The molecule has 0 unspecified atom stereocenters. The maximum atomic E-state index is 12.6. The van der Waals surface area contributed by atoms with Crippen LogP contribution in [0.2, 0.25) is 0 Å². The van der Waals surface area contributed by atoms with Crippen LogP contribution in [0.5, 0.6) is 0 Å². The number of aromatic nitrogens is 3. The zero-order chi connectivity index (χ0) is 16.7. The molecule has 122 valence electrons. The van der Waals surface area contributed by atoms with Gasteiger partial charge >= 0.3 is 5.69 Å². The van der Waals surface area contributed by atoms with Crippen molar-refractivity contribution in [2.75, 3.05) is 13.1 Å². The summed E-state index contributed by atoms with van der Waals surface area (Å²) in [6.45, 7) is 3.58. The quantitative estimate of drug-likeness (QED) is 0.768. The molecule has 2 aromatic rings. The number of piperidine rings is 1. The number of carbonyl (C=O) groups is 1. The summed E-state index contributed by atoms with van der Waals surface area (Å²) in [6, 6.07) is 1.55. The van der Waals surface area contributed by atoms with Crippen LogP contribution in [0.15, 0.2) is 21.9 Å². The first-order chi connectivity index (χ1) is 10.9. The van der Waals surface area contributed by atoms with Crippen molar-refractivity contribution in [3.05, 3.63) is 38.7 Å². The highest BCUT2D eigenvalue weighted by Gasteiger charge is 2.23. The van der Waals surface area contributed by atoms with Crippen molar-refractivity contribution in [2.24, 2.45) is 20.0 Å². The predicted molar refractivity (Wildman–Crippen MR) is 86.5 cm³/mol. The van der Waals surface area contributed by atoms with Gasteiger partial charge in [0.15, 0.2) is 0 Å². The van der Waals surface area contributed by atoms with Crippen molar-refractivity contribution in [3.63, 3.8) is 0 Å². The average molecular weight is 316 g/mol. The molecule has 1 saturated heterocycles. The van der Waals surface area contributed by atoms with E-state index in [1.54, 1.807) is 13.1 Å². The fraction of sp³-hybridized carbons (Fsp3) is 0.500. The van der Waals surface area contributed by atoms with Gasteiger partial charge in [0.05, 0.1) is 10.9 Å². The average Bonchev–Trinajstić information content (AvgIpc) is 2.57. The Labute approximate surface area is 133 Å². The molecule has 1 fully saturated rings. The number of fused-ring (bicyclic) bond motifs is 1. The molecule has 1 atom stereocenters. The summed E-state index contributed by atoms with van der Waals surface area (Å²) >= 11 is 0. The molecule has 7 nitrogen and oxygen atoms in total. The molecular weight excluding hydrogens is 296 g/mol. The summed E-state index contributed by atoms with van der Waals surface area (Å²) in [6.07, 6.45) is 3.56. The van der Waals surface area contributed by atoms with Gasteiger partial charge in [-0.15, -0.1) is 0 Å². The van der Waals surface area contributed by atoms with Crippen molar-refractivity contribution in [3.8, 4) is 0 Å². The van der Waals surface area contributed by atoms with Crippen molar-refractivity contribution >= 4 is 16.9 Å². The number of pyridine rings is 1. The summed E-state index contributed by atoms with van der Waals surface area (Å²) < 4.78 is 2.34. The molecule has 0 N–H and O–H groups in total. The molecule has 0 spiro atoms. The number of rotatable bonds is 1. The number of hydrogen-bond acceptors (Lipinski definition) is 4. The van der Waals surface area contributed by atoms with E-state index in [1.165, 1.54) is 17.8 Å². The molecule has 0 aromatic carbocycles. The highest BCUT2D eigenvalue weighted by Crippen LogP contribution is 2.18. The van der Waals surface area contributed by atoms with Crippen molar-refractivity contribution < 1.29 is 4.79 Å². The third-order valence-corrected chi connectivity index (χ3v) is 4.48. The SMILES string of the molecule is C[C@@H]1CCCN(C(=O)c2cnc3c(c2)c(=O)n(C)c(=O)n3C)C1. The highest BCUT2D eigenvalue weighted by molar-refractivity contribution is 5.96. The normalized spacial score (nSPS) is 18.4. The lowest BCUT2D eigenvalue weighted by Crippen LogP contribution is -2.40. The second kappa shape index (κ2) is 5.64. The molecule has 1 aliphatic rings. The first kappa shape index (κ1) is 15.5. The van der Waals surface area contributed by atoms with Crippen LogP contribution in [-0.4, -0.2) is 38.0 Å². The molecule has 0 aliphatic carbocycles. The van der Waals surface area contributed by atoms with Crippen LogP contribution in [-0.2, 0) is 14.1 Å². The molecule has 0 radical (unpaired) electrons. The number of likely N-dealkylation sites (tertiary alicyclic amines) is 1. The minimum atomic E-state index is -0.433. The summed E-state index contributed by atoms with van der Waals surface area (Å²) in [5.74, 6) is 0.372. The van der Waals surface area contributed by atoms with E-state index in [9.17, 15) is 14.4 Å². The van der Waals surface area contributed by atoms with E-state index in [0.29, 0.717) is 17.1 Å². The number of carbonyl (C=O) groups excluding carboxylic acids is 1. The van der Waals surface area contributed by atoms with Gasteiger partial charge in [-0.25, -0.2) is 9.78 Å². The van der Waals surface area contributed by atoms with E-state index in [0.717, 1.165) is 30.5 Å². The zero-order valence-electron chi connectivity index (χ0n) is 13.6. The first-order valence-electron chi connectivity index (χ1n) is 7.75. The van der Waals surface area contributed by atoms with Gasteiger partial charge in [-0.05, 0) is 24.8 Å². The third-order valence-electron chi connectivity index (χ3n) is 4.48. The minimum Gasteiger partial charge on any atom is -0.338 e. The van der Waals surface area contributed by atoms with E-state index in [-0.39, 0.29) is 11.3 Å². The van der Waals surface area contributed by atoms with Crippen LogP contribution in [0.3, 0.4) is 0 Å². The molecular formula is C16H20N4O3. The number of nitrogens with zero attached hydrogens (tertiary/aromatic N) is 4. The number of amides is 1. The predicted octanol–water partition coefficient (Wildman–Crippen LogP) is 0.504. The molecule has 0 saturated carbocycles. The van der Waals surface area contributed by atoms with Crippen molar-refractivity contribution in [1.29, 1.82) is 0 Å². The monoisotopic (exact) mass is 316 g/mol. The van der Waals surface area contributed by atoms with E-state index >= 15 is 0 Å². The van der Waals surface area contributed by atoms with Crippen LogP contribution < -0.4 is 11.2 Å². The van der Waals surface area contributed by atoms with Crippen LogP contribution in [0.1, 0.15) is 30.1 Å². The largest absolute Gasteiger partial charge is 0.338 e. The maximum absolute atomic E-state index is 12.6. The highest BCUT2D eigenvalue weighted by atomic mass is 16.2. The smallest absolute Gasteiger partial charge is 0.332 e. The summed E-state index contributed by atoms with van der Waals surface area (Å²) in [7, 11) is 2.98. The lowest BCUT2D eigenvalue weighted by Gasteiger charge is -2.30. The number of hydrogen-bond donors (Lipinski definition) is 0. The van der Waals surface area contributed by atoms with Gasteiger partial charge in [-0.1, -0.05) is 6.92 Å². The van der Waals surface area contributed by atoms with E-state index < -0.39 is 11.2 Å². The maximum Gasteiger partial charge on any atom is 0.332 e. The van der Waals surface area contributed by atoms with Gasteiger partial charge in [0, 0.05) is 33.4 Å². The molecule has 7 heteroatoms. The van der Waals surface area contributed by atoms with Crippen molar-refractivity contribution in [1.82, 2.24) is 19.0 Å². The Balaban J connectivity index is 2.08. The summed E-state index contributed by atoms with van der Waals surface area (Å²) in [5.41, 5.74) is -0.180. The Bertz CT molecular complexity index is 897. The van der Waals surface area contributed by atoms with Gasteiger partial charge in [0.2, 0.25) is 0 Å². The lowest BCUT2D eigenvalue weighted by atomic mass is 9.99. The second-order valence-electron chi connectivity index (χ2n) is 6.30. The summed E-state index contributed by atoms with van der Waals surface area (Å²) in [5, 5.41) is 0.283. The Morgan fingerprint density at radius 1 is 1.26 bits per heavy atom. The minimum absolute atomic E-state index is 0.109. The van der Waals surface area contributed by atoms with Crippen LogP contribution >= 0.6 is 0 Å². The molecule has 23 heavy (non-hydrogen) atoms. The van der Waals surface area contributed by atoms with Gasteiger partial charge in [0.25, 0.3) is 11.5 Å². The Kier molecular flexibility index (Phi) is 3.79. The molecule has 2 aromatic heterocycles. The van der Waals surface area contributed by atoms with Crippen molar-refractivity contribution in [2.45, 2.75) is 19.8 Å². The standard InChI is InChI=1S/C16H20N4O3/c1-10-5-4-6-20(9-10)14(21)11-7-12-13(17-8-11)18(2)16(23)19(3)15(12)22/h7-8,10H,4-6,9H2,1-3H3/t10-/m1/s1. The van der Waals surface area contributed by atoms with Gasteiger partial charge < -0.3 is 4.90 Å². The van der Waals surface area contributed by atoms with Crippen LogP contribution in [0.25, 0.3) is 11.0 Å². The molecule has 1 amide bonds. The molecule has 3 rings (SSSR count). The van der Waals surface area contributed by atoms with E-state index in [4.69, 9.17) is 0 Å². The molecule has 0 bridgehead atoms. The van der Waals surface area contributed by atoms with Gasteiger partial charge in [-0.2, -0.15) is 0 Å². The molecule has 3 heterocycles. The lowest BCUT2D eigenvalue weighted by molar-refractivity contribution is 0.0683. The topological polar surface area (TPSA) is 77.2 Å². The van der Waals surface area contributed by atoms with E-state index in [1.807, 2.05) is 4.90 Å². The summed E-state index contributed by atoms with van der Waals surface area (Å²) in [4.78, 5) is 42.8. The van der Waals surface area contributed by atoms with E-state index in [2.05, 4.69) is 11.9 Å². The Morgan fingerprint density at radius 2 is 2.00 bits per heavy atom. The Morgan fingerprint density at radius 3 is 2.70 bits per heavy atom. The van der Waals surface area contributed by atoms with Gasteiger partial charge in [0.1, 0.15) is 5.65 Å². The number of aryl methyl sites for hydroxylation is 1. The fourth-order valence-electron chi connectivity index (χ4n) is 3.14. The fourth-order valence-corrected chi connectivity index (χ4v) is 3.14. The first-order valence-corrected chi connectivity index (χ1v) is 7.75. The Hall–Kier alpha value is -2.44. The van der Waals surface area contributed by atoms with Crippen LogP contribution in [0.4, 0.5) is 0 Å². The third kappa shape index (κ3) is 2.56. The molecule has 1 aliphatic heterocycles. The van der Waals surface area contributed by atoms with Crippen LogP contribution in [0, 0.1) is 5.92 Å². The van der Waals surface area contributed by atoms with Gasteiger partial charge in [-0.3, -0.25) is 18.7 Å². The zero-order valence-corrected chi connectivity index (χ0v) is 13.6.